The van der Waals surface area contributed by atoms with E-state index in [4.69, 9.17) is 9.72 Å². The first-order valence-electron chi connectivity index (χ1n) is 11.5. The van der Waals surface area contributed by atoms with Crippen LogP contribution in [0, 0.1) is 6.92 Å². The fourth-order valence-electron chi connectivity index (χ4n) is 4.00. The molecule has 9 nitrogen and oxygen atoms in total. The maximum atomic E-state index is 11.8. The second kappa shape index (κ2) is 10.2. The van der Waals surface area contributed by atoms with E-state index in [0.29, 0.717) is 12.6 Å². The molecule has 2 fully saturated rings. The number of benzene rings is 1. The summed E-state index contributed by atoms with van der Waals surface area (Å²) in [5.41, 5.74) is 2.84. The summed E-state index contributed by atoms with van der Waals surface area (Å²) in [7, 11) is 0. The minimum atomic E-state index is -0.512. The number of anilines is 2. The van der Waals surface area contributed by atoms with Crippen molar-refractivity contribution in [1.29, 1.82) is 0 Å². The number of nitrogens with one attached hydrogen (secondary N) is 3. The normalized spacial score (nSPS) is 17.0. The molecule has 1 aromatic carbocycles. The van der Waals surface area contributed by atoms with E-state index in [9.17, 15) is 9.59 Å². The summed E-state index contributed by atoms with van der Waals surface area (Å²) in [5.74, 6) is 0.898. The predicted octanol–water partition coefficient (Wildman–Crippen LogP) is 3.91. The second-order valence-corrected chi connectivity index (χ2v) is 9.56. The molecule has 3 aromatic rings. The van der Waals surface area contributed by atoms with Crippen LogP contribution in [0.25, 0.3) is 16.6 Å². The number of nitrogens with zero attached hydrogens (tertiary/aromatic N) is 3. The molecule has 0 saturated carbocycles. The molecular formula is C25H26N6O3S. The Labute approximate surface area is 207 Å². The largest absolute Gasteiger partial charge is 0.492 e. The van der Waals surface area contributed by atoms with Crippen LogP contribution in [0.1, 0.15) is 23.3 Å². The van der Waals surface area contributed by atoms with E-state index >= 15 is 0 Å². The third kappa shape index (κ3) is 5.67. The van der Waals surface area contributed by atoms with Crippen LogP contribution in [0.5, 0.6) is 5.75 Å². The third-order valence-electron chi connectivity index (χ3n) is 5.82. The van der Waals surface area contributed by atoms with Crippen molar-refractivity contribution < 1.29 is 14.3 Å². The average molecular weight is 491 g/mol. The molecule has 0 aliphatic carbocycles. The Morgan fingerprint density at radius 1 is 1.11 bits per heavy atom. The van der Waals surface area contributed by atoms with E-state index in [-0.39, 0.29) is 5.70 Å². The van der Waals surface area contributed by atoms with Crippen LogP contribution in [0.4, 0.5) is 16.4 Å². The van der Waals surface area contributed by atoms with E-state index in [1.165, 1.54) is 37.3 Å². The number of likely N-dealkylation sites (tertiary alicyclic amines) is 1. The van der Waals surface area contributed by atoms with Crippen molar-refractivity contribution in [1.82, 2.24) is 25.5 Å². The molecule has 2 aromatic heterocycles. The summed E-state index contributed by atoms with van der Waals surface area (Å²) in [4.78, 5) is 36.4. The van der Waals surface area contributed by atoms with E-state index in [1.807, 2.05) is 43.3 Å². The van der Waals surface area contributed by atoms with Crippen molar-refractivity contribution in [2.24, 2.45) is 0 Å². The van der Waals surface area contributed by atoms with Gasteiger partial charge in [-0.1, -0.05) is 0 Å². The molecule has 0 spiro atoms. The van der Waals surface area contributed by atoms with Crippen LogP contribution in [-0.4, -0.2) is 53.0 Å². The number of hydrogen-bond donors (Lipinski definition) is 3. The summed E-state index contributed by atoms with van der Waals surface area (Å²) in [6, 6.07) is 11.1. The zero-order valence-corrected chi connectivity index (χ0v) is 20.2. The van der Waals surface area contributed by atoms with Gasteiger partial charge in [0.25, 0.3) is 5.91 Å². The molecule has 0 bridgehead atoms. The van der Waals surface area contributed by atoms with Crippen molar-refractivity contribution >= 4 is 41.0 Å². The van der Waals surface area contributed by atoms with Gasteiger partial charge in [0.2, 0.25) is 5.95 Å². The second-order valence-electron chi connectivity index (χ2n) is 8.44. The molecule has 0 radical (unpaired) electrons. The molecule has 2 aliphatic rings. The lowest BCUT2D eigenvalue weighted by Crippen LogP contribution is -2.25. The van der Waals surface area contributed by atoms with Gasteiger partial charge in [-0.3, -0.25) is 15.0 Å². The number of amides is 3. The predicted molar refractivity (Wildman–Crippen MR) is 136 cm³/mol. The SMILES string of the molecule is Cc1cnc(Nc2ccc(OCCN3CCCC3)cc2)nc1-c1ccc(/C=C2/NC(=O)NC2=O)s1. The van der Waals surface area contributed by atoms with Gasteiger partial charge in [-0.05, 0) is 80.9 Å². The molecule has 180 valence electrons. The van der Waals surface area contributed by atoms with Gasteiger partial charge in [-0.15, -0.1) is 11.3 Å². The molecule has 5 rings (SSSR count). The first-order chi connectivity index (χ1) is 17.0. The van der Waals surface area contributed by atoms with Gasteiger partial charge < -0.3 is 15.4 Å². The zero-order valence-electron chi connectivity index (χ0n) is 19.3. The number of rotatable bonds is 8. The number of carbonyl (C=O) groups excluding carboxylic acids is 2. The Bertz CT molecular complexity index is 1260. The highest BCUT2D eigenvalue weighted by atomic mass is 32.1. The maximum absolute atomic E-state index is 11.8. The number of carbonyl (C=O) groups is 2. The van der Waals surface area contributed by atoms with E-state index < -0.39 is 11.9 Å². The standard InChI is InChI=1S/C25H26N6O3S/c1-16-15-26-24(27-17-4-6-18(7-5-17)34-13-12-31-10-2-3-11-31)29-22(16)21-9-8-19(35-21)14-20-23(32)30-25(33)28-20/h4-9,14-15H,2-3,10-13H2,1H3,(H,26,27,29)(H2,28,30,32,33)/b20-14+. The Kier molecular flexibility index (Phi) is 6.73. The highest BCUT2D eigenvalue weighted by molar-refractivity contribution is 7.16. The first-order valence-corrected chi connectivity index (χ1v) is 12.4. The lowest BCUT2D eigenvalue weighted by Gasteiger charge is -2.15. The molecule has 35 heavy (non-hydrogen) atoms. The topological polar surface area (TPSA) is 108 Å². The maximum Gasteiger partial charge on any atom is 0.326 e. The van der Waals surface area contributed by atoms with Gasteiger partial charge >= 0.3 is 6.03 Å². The van der Waals surface area contributed by atoms with E-state index in [0.717, 1.165) is 39.0 Å². The molecule has 3 N–H and O–H groups in total. The summed E-state index contributed by atoms with van der Waals surface area (Å²) in [5, 5.41) is 7.95. The Hall–Kier alpha value is -3.76. The van der Waals surface area contributed by atoms with E-state index in [2.05, 4.69) is 25.8 Å². The van der Waals surface area contributed by atoms with Crippen LogP contribution in [0.2, 0.25) is 0 Å². The number of thiophene rings is 1. The zero-order chi connectivity index (χ0) is 24.2. The number of aromatic nitrogens is 2. The average Bonchev–Trinajstić information content (AvgIpc) is 3.59. The van der Waals surface area contributed by atoms with Gasteiger partial charge in [0, 0.05) is 23.3 Å². The summed E-state index contributed by atoms with van der Waals surface area (Å²) >= 11 is 1.48. The number of ether oxygens (including phenoxy) is 1. The summed E-state index contributed by atoms with van der Waals surface area (Å²) < 4.78 is 5.88. The van der Waals surface area contributed by atoms with Crippen LogP contribution in [-0.2, 0) is 4.79 Å². The fourth-order valence-corrected chi connectivity index (χ4v) is 5.00. The molecule has 4 heterocycles. The van der Waals surface area contributed by atoms with Crippen LogP contribution >= 0.6 is 11.3 Å². The minimum Gasteiger partial charge on any atom is -0.492 e. The monoisotopic (exact) mass is 490 g/mol. The van der Waals surface area contributed by atoms with Crippen molar-refractivity contribution in [3.8, 4) is 16.3 Å². The Morgan fingerprint density at radius 2 is 1.91 bits per heavy atom. The molecule has 0 unspecified atom stereocenters. The fraction of sp³-hybridized carbons (Fsp3) is 0.280. The molecule has 2 saturated heterocycles. The van der Waals surface area contributed by atoms with Crippen LogP contribution in [0.3, 0.4) is 0 Å². The van der Waals surface area contributed by atoms with Crippen molar-refractivity contribution in [2.45, 2.75) is 19.8 Å². The molecule has 2 aliphatic heterocycles. The molecule has 3 amide bonds. The first kappa shape index (κ1) is 23.0. The van der Waals surface area contributed by atoms with Crippen LogP contribution in [0.15, 0.2) is 48.3 Å². The highest BCUT2D eigenvalue weighted by Crippen LogP contribution is 2.31. The number of urea groups is 1. The molecular weight excluding hydrogens is 464 g/mol. The van der Waals surface area contributed by atoms with Crippen molar-refractivity contribution in [3.63, 3.8) is 0 Å². The summed E-state index contributed by atoms with van der Waals surface area (Å²) in [6.07, 6.45) is 6.00. The number of aryl methyl sites for hydroxylation is 1. The molecule has 10 heteroatoms. The lowest BCUT2D eigenvalue weighted by atomic mass is 10.2. The van der Waals surface area contributed by atoms with Crippen LogP contribution < -0.4 is 20.7 Å². The number of hydrogen-bond acceptors (Lipinski definition) is 8. The van der Waals surface area contributed by atoms with E-state index in [1.54, 1.807) is 12.3 Å². The lowest BCUT2D eigenvalue weighted by molar-refractivity contribution is -0.115. The Balaban J connectivity index is 1.23. The number of imide groups is 1. The van der Waals surface area contributed by atoms with Crippen molar-refractivity contribution in [2.75, 3.05) is 31.6 Å². The Morgan fingerprint density at radius 3 is 2.66 bits per heavy atom. The third-order valence-corrected chi connectivity index (χ3v) is 6.86. The smallest absolute Gasteiger partial charge is 0.326 e. The van der Waals surface area contributed by atoms with Gasteiger partial charge in [-0.25, -0.2) is 14.8 Å². The van der Waals surface area contributed by atoms with Gasteiger partial charge in [0.15, 0.2) is 0 Å². The van der Waals surface area contributed by atoms with Gasteiger partial charge in [-0.2, -0.15) is 0 Å². The quantitative estimate of drug-likeness (QED) is 0.324. The highest BCUT2D eigenvalue weighted by Gasteiger charge is 2.23. The minimum absolute atomic E-state index is 0.230. The van der Waals surface area contributed by atoms with Gasteiger partial charge in [0.05, 0.1) is 10.6 Å². The van der Waals surface area contributed by atoms with Gasteiger partial charge in [0.1, 0.15) is 18.1 Å². The molecule has 0 atom stereocenters. The summed E-state index contributed by atoms with van der Waals surface area (Å²) in [6.45, 7) is 5.95. The van der Waals surface area contributed by atoms with Crippen molar-refractivity contribution in [3.05, 3.63) is 58.7 Å².